The van der Waals surface area contributed by atoms with E-state index < -0.39 is 0 Å². The van der Waals surface area contributed by atoms with E-state index in [1.165, 1.54) is 5.69 Å². The number of aromatic nitrogens is 2. The second-order valence-corrected chi connectivity index (χ2v) is 6.85. The lowest BCUT2D eigenvalue weighted by molar-refractivity contribution is 0.177. The molecule has 1 N–H and O–H groups in total. The zero-order chi connectivity index (χ0) is 17.1. The summed E-state index contributed by atoms with van der Waals surface area (Å²) in [6.07, 6.45) is 5.72. The van der Waals surface area contributed by atoms with E-state index in [1.54, 1.807) is 0 Å². The maximum absolute atomic E-state index is 12.5. The minimum Gasteiger partial charge on any atom is -0.337 e. The van der Waals surface area contributed by atoms with E-state index in [0.717, 1.165) is 31.5 Å². The Bertz CT molecular complexity index is 689. The molecule has 0 bridgehead atoms. The van der Waals surface area contributed by atoms with Crippen LogP contribution in [0.2, 0.25) is 5.02 Å². The number of nitrogens with one attached hydrogen (secondary N) is 1. The number of hydrogen-bond donors (Lipinski definition) is 1. The van der Waals surface area contributed by atoms with Crippen molar-refractivity contribution in [1.29, 1.82) is 0 Å². The number of amides is 2. The summed E-state index contributed by atoms with van der Waals surface area (Å²) in [5.41, 5.74) is 2.31. The Balaban J connectivity index is 1.53. The summed E-state index contributed by atoms with van der Waals surface area (Å²) in [4.78, 5) is 18.6. The highest BCUT2D eigenvalue weighted by Gasteiger charge is 2.26. The molecule has 0 aliphatic carbocycles. The first-order valence-corrected chi connectivity index (χ1v) is 8.69. The molecule has 5 nitrogen and oxygen atoms in total. The minimum absolute atomic E-state index is 0.000839. The van der Waals surface area contributed by atoms with E-state index in [2.05, 4.69) is 14.9 Å². The third-order valence-corrected chi connectivity index (χ3v) is 5.02. The van der Waals surface area contributed by atoms with Gasteiger partial charge < -0.3 is 14.8 Å². The van der Waals surface area contributed by atoms with E-state index in [1.807, 2.05) is 55.7 Å². The Labute approximate surface area is 147 Å². The predicted octanol–water partition coefficient (Wildman–Crippen LogP) is 3.72. The van der Waals surface area contributed by atoms with Crippen molar-refractivity contribution < 1.29 is 4.79 Å². The van der Waals surface area contributed by atoms with Gasteiger partial charge in [-0.25, -0.2) is 9.78 Å². The van der Waals surface area contributed by atoms with Crippen molar-refractivity contribution in [2.45, 2.75) is 31.7 Å². The van der Waals surface area contributed by atoms with E-state index in [9.17, 15) is 4.79 Å². The number of likely N-dealkylation sites (tertiary alicyclic amines) is 1. The number of imidazole rings is 1. The second-order valence-electron chi connectivity index (χ2n) is 6.41. The quantitative estimate of drug-likeness (QED) is 0.920. The van der Waals surface area contributed by atoms with Crippen LogP contribution in [-0.2, 0) is 7.05 Å². The smallest absolute Gasteiger partial charge is 0.317 e. The van der Waals surface area contributed by atoms with Gasteiger partial charge in [0.05, 0.1) is 12.4 Å². The van der Waals surface area contributed by atoms with Gasteiger partial charge in [-0.05, 0) is 37.5 Å². The number of halogens is 1. The van der Waals surface area contributed by atoms with Gasteiger partial charge in [-0.3, -0.25) is 0 Å². The molecule has 1 aliphatic rings. The van der Waals surface area contributed by atoms with Crippen LogP contribution in [0.15, 0.2) is 36.8 Å². The first-order chi connectivity index (χ1) is 11.5. The van der Waals surface area contributed by atoms with Crippen molar-refractivity contribution >= 4 is 17.6 Å². The van der Waals surface area contributed by atoms with Gasteiger partial charge in [0.25, 0.3) is 0 Å². The van der Waals surface area contributed by atoms with Crippen LogP contribution in [0, 0.1) is 0 Å². The molecule has 1 atom stereocenters. The Hall–Kier alpha value is -2.01. The zero-order valence-electron chi connectivity index (χ0n) is 14.1. The lowest BCUT2D eigenvalue weighted by Gasteiger charge is -2.33. The minimum atomic E-state index is -0.0374. The van der Waals surface area contributed by atoms with Crippen LogP contribution in [0.3, 0.4) is 0 Å². The molecular formula is C18H23ClN4O. The van der Waals surface area contributed by atoms with Gasteiger partial charge in [0, 0.05) is 43.0 Å². The summed E-state index contributed by atoms with van der Waals surface area (Å²) >= 11 is 5.91. The van der Waals surface area contributed by atoms with Gasteiger partial charge in [0.2, 0.25) is 0 Å². The number of urea groups is 1. The van der Waals surface area contributed by atoms with Crippen LogP contribution >= 0.6 is 11.6 Å². The third-order valence-electron chi connectivity index (χ3n) is 4.76. The molecule has 128 valence electrons. The molecule has 1 aromatic heterocycles. The van der Waals surface area contributed by atoms with Crippen molar-refractivity contribution in [3.63, 3.8) is 0 Å². The molecule has 24 heavy (non-hydrogen) atoms. The number of rotatable bonds is 3. The summed E-state index contributed by atoms with van der Waals surface area (Å²) in [7, 11) is 2.02. The largest absolute Gasteiger partial charge is 0.337 e. The third kappa shape index (κ3) is 3.73. The Morgan fingerprint density at radius 1 is 1.29 bits per heavy atom. The zero-order valence-corrected chi connectivity index (χ0v) is 14.8. The fourth-order valence-electron chi connectivity index (χ4n) is 3.25. The van der Waals surface area contributed by atoms with Gasteiger partial charge >= 0.3 is 6.03 Å². The van der Waals surface area contributed by atoms with Crippen LogP contribution in [0.5, 0.6) is 0 Å². The molecule has 0 radical (unpaired) electrons. The summed E-state index contributed by atoms with van der Waals surface area (Å²) < 4.78 is 2.07. The number of nitrogens with zero attached hydrogens (tertiary/aromatic N) is 3. The van der Waals surface area contributed by atoms with Crippen LogP contribution in [0.4, 0.5) is 4.79 Å². The van der Waals surface area contributed by atoms with Crippen LogP contribution < -0.4 is 5.32 Å². The standard InChI is InChI=1S/C18H23ClN4O/c1-13(14-3-5-16(19)6-4-14)21-18(24)23-9-7-15(8-10-23)17-11-20-12-22(17)2/h3-6,11-13,15H,7-10H2,1-2H3,(H,21,24)/t13-/m1/s1. The van der Waals surface area contributed by atoms with E-state index in [-0.39, 0.29) is 12.1 Å². The summed E-state index contributed by atoms with van der Waals surface area (Å²) in [5, 5.41) is 3.78. The SMILES string of the molecule is C[C@@H](NC(=O)N1CCC(c2cncn2C)CC1)c1ccc(Cl)cc1. The topological polar surface area (TPSA) is 50.2 Å². The van der Waals surface area contributed by atoms with E-state index in [4.69, 9.17) is 11.6 Å². The molecule has 1 aliphatic heterocycles. The molecule has 2 aromatic rings. The average molecular weight is 347 g/mol. The number of benzene rings is 1. The normalized spacial score (nSPS) is 16.9. The molecular weight excluding hydrogens is 324 g/mol. The number of piperidine rings is 1. The van der Waals surface area contributed by atoms with Crippen molar-refractivity contribution in [2.24, 2.45) is 7.05 Å². The van der Waals surface area contributed by atoms with Crippen LogP contribution in [0.1, 0.15) is 43.0 Å². The van der Waals surface area contributed by atoms with Gasteiger partial charge in [-0.15, -0.1) is 0 Å². The van der Waals surface area contributed by atoms with E-state index >= 15 is 0 Å². The fraction of sp³-hybridized carbons (Fsp3) is 0.444. The first kappa shape index (κ1) is 16.8. The fourth-order valence-corrected chi connectivity index (χ4v) is 3.38. The molecule has 0 saturated carbocycles. The van der Waals surface area contributed by atoms with Crippen molar-refractivity contribution in [3.8, 4) is 0 Å². The van der Waals surface area contributed by atoms with Gasteiger partial charge in [-0.2, -0.15) is 0 Å². The average Bonchev–Trinajstić information content (AvgIpc) is 3.01. The predicted molar refractivity (Wildman–Crippen MR) is 95.2 cm³/mol. The van der Waals surface area contributed by atoms with Crippen LogP contribution in [-0.4, -0.2) is 33.6 Å². The first-order valence-electron chi connectivity index (χ1n) is 8.31. The summed E-state index contributed by atoms with van der Waals surface area (Å²) in [6, 6.07) is 7.55. The highest BCUT2D eigenvalue weighted by atomic mass is 35.5. The molecule has 0 spiro atoms. The van der Waals surface area contributed by atoms with E-state index in [0.29, 0.717) is 10.9 Å². The number of carbonyl (C=O) groups excluding carboxylic acids is 1. The van der Waals surface area contributed by atoms with Crippen LogP contribution in [0.25, 0.3) is 0 Å². The molecule has 1 saturated heterocycles. The number of hydrogen-bond acceptors (Lipinski definition) is 2. The summed E-state index contributed by atoms with van der Waals surface area (Å²) in [6.45, 7) is 3.54. The summed E-state index contributed by atoms with van der Waals surface area (Å²) in [5.74, 6) is 0.482. The highest BCUT2D eigenvalue weighted by molar-refractivity contribution is 6.30. The van der Waals surface area contributed by atoms with Crippen molar-refractivity contribution in [2.75, 3.05) is 13.1 Å². The molecule has 2 amide bonds. The molecule has 2 heterocycles. The maximum Gasteiger partial charge on any atom is 0.317 e. The maximum atomic E-state index is 12.5. The molecule has 3 rings (SSSR count). The van der Waals surface area contributed by atoms with Gasteiger partial charge in [0.15, 0.2) is 0 Å². The Kier molecular flexibility index (Phi) is 5.09. The monoisotopic (exact) mass is 346 g/mol. The lowest BCUT2D eigenvalue weighted by Crippen LogP contribution is -2.45. The number of carbonyl (C=O) groups is 1. The molecule has 1 aromatic carbocycles. The van der Waals surface area contributed by atoms with Crippen molar-refractivity contribution in [3.05, 3.63) is 53.1 Å². The highest BCUT2D eigenvalue weighted by Crippen LogP contribution is 2.27. The number of aryl methyl sites for hydroxylation is 1. The van der Waals surface area contributed by atoms with Gasteiger partial charge in [-0.1, -0.05) is 23.7 Å². The molecule has 1 fully saturated rings. The Morgan fingerprint density at radius 2 is 1.96 bits per heavy atom. The molecule has 0 unspecified atom stereocenters. The van der Waals surface area contributed by atoms with Crippen molar-refractivity contribution in [1.82, 2.24) is 19.8 Å². The second kappa shape index (κ2) is 7.26. The van der Waals surface area contributed by atoms with Gasteiger partial charge in [0.1, 0.15) is 0 Å². The lowest BCUT2D eigenvalue weighted by atomic mass is 9.94. The molecule has 6 heteroatoms. The Morgan fingerprint density at radius 3 is 2.54 bits per heavy atom.